The molecule has 0 aliphatic rings. The lowest BCUT2D eigenvalue weighted by Crippen LogP contribution is -1.97. The summed E-state index contributed by atoms with van der Waals surface area (Å²) in [5.41, 5.74) is 2.08. The smallest absolute Gasteiger partial charge is 0.253 e. The number of nitrogens with zero attached hydrogens (tertiary/aromatic N) is 4. The summed E-state index contributed by atoms with van der Waals surface area (Å²) >= 11 is 0. The van der Waals surface area contributed by atoms with E-state index in [4.69, 9.17) is 4.74 Å². The van der Waals surface area contributed by atoms with Crippen LogP contribution in [0.2, 0.25) is 0 Å². The molecule has 2 aromatic heterocycles. The average molecular weight is 290 g/mol. The second kappa shape index (κ2) is 5.20. The maximum atomic E-state index is 5.11. The molecule has 0 atom stereocenters. The van der Waals surface area contributed by atoms with E-state index in [1.807, 2.05) is 18.2 Å². The molecular formula is C17H14N4O. The third kappa shape index (κ3) is 2.03. The Bertz CT molecular complexity index is 956. The Morgan fingerprint density at radius 2 is 1.91 bits per heavy atom. The van der Waals surface area contributed by atoms with Crippen LogP contribution in [0.4, 0.5) is 0 Å². The number of hydrogen-bond acceptors (Lipinski definition) is 4. The predicted octanol–water partition coefficient (Wildman–Crippen LogP) is 3.09. The topological polar surface area (TPSA) is 52.3 Å². The highest BCUT2D eigenvalue weighted by molar-refractivity contribution is 5.95. The average Bonchev–Trinajstić information content (AvgIpc) is 2.97. The summed E-state index contributed by atoms with van der Waals surface area (Å²) in [7, 11) is 1.63. The van der Waals surface area contributed by atoms with Crippen LogP contribution < -0.4 is 0 Å². The van der Waals surface area contributed by atoms with Crippen molar-refractivity contribution in [3.05, 3.63) is 60.6 Å². The van der Waals surface area contributed by atoms with Gasteiger partial charge in [-0.3, -0.25) is 0 Å². The Balaban J connectivity index is 2.00. The SMILES string of the molecule is COCc1nc2nccc(-c3cccc4ccccc34)n2n1. The van der Waals surface area contributed by atoms with Crippen molar-refractivity contribution in [3.8, 4) is 11.3 Å². The Morgan fingerprint density at radius 1 is 1.05 bits per heavy atom. The first kappa shape index (κ1) is 12.9. The standard InChI is InChI=1S/C17H14N4O/c1-22-11-16-19-17-18-10-9-15(21(17)20-16)14-8-4-6-12-5-2-3-7-13(12)14/h2-10H,11H2,1H3. The Morgan fingerprint density at radius 3 is 2.82 bits per heavy atom. The lowest BCUT2D eigenvalue weighted by Gasteiger charge is -2.07. The van der Waals surface area contributed by atoms with E-state index in [9.17, 15) is 0 Å². The molecule has 4 aromatic rings. The molecule has 2 aromatic carbocycles. The van der Waals surface area contributed by atoms with Gasteiger partial charge in [-0.1, -0.05) is 42.5 Å². The minimum absolute atomic E-state index is 0.373. The zero-order valence-corrected chi connectivity index (χ0v) is 12.1. The second-order valence-electron chi connectivity index (χ2n) is 5.03. The molecule has 0 aliphatic heterocycles. The zero-order chi connectivity index (χ0) is 14.9. The molecule has 4 rings (SSSR count). The molecule has 0 N–H and O–H groups in total. The van der Waals surface area contributed by atoms with E-state index in [0.717, 1.165) is 11.3 Å². The highest BCUT2D eigenvalue weighted by atomic mass is 16.5. The predicted molar refractivity (Wildman–Crippen MR) is 84.4 cm³/mol. The van der Waals surface area contributed by atoms with Crippen molar-refractivity contribution in [2.24, 2.45) is 0 Å². The number of rotatable bonds is 3. The molecule has 108 valence electrons. The Hall–Kier alpha value is -2.79. The first-order valence-corrected chi connectivity index (χ1v) is 7.04. The van der Waals surface area contributed by atoms with Gasteiger partial charge in [0.15, 0.2) is 5.82 Å². The van der Waals surface area contributed by atoms with Crippen LogP contribution >= 0.6 is 0 Å². The van der Waals surface area contributed by atoms with Crippen LogP contribution in [0.3, 0.4) is 0 Å². The van der Waals surface area contributed by atoms with Gasteiger partial charge in [0.2, 0.25) is 0 Å². The minimum Gasteiger partial charge on any atom is -0.377 e. The molecular weight excluding hydrogens is 276 g/mol. The van der Waals surface area contributed by atoms with Crippen molar-refractivity contribution in [1.29, 1.82) is 0 Å². The molecule has 0 saturated carbocycles. The summed E-state index contributed by atoms with van der Waals surface area (Å²) in [6.45, 7) is 0.373. The second-order valence-corrected chi connectivity index (χ2v) is 5.03. The Kier molecular flexibility index (Phi) is 3.05. The summed E-state index contributed by atoms with van der Waals surface area (Å²) in [5, 5.41) is 6.88. The third-order valence-corrected chi connectivity index (χ3v) is 3.62. The van der Waals surface area contributed by atoms with E-state index in [1.165, 1.54) is 10.8 Å². The Labute approximate surface area is 127 Å². The van der Waals surface area contributed by atoms with Crippen LogP contribution in [-0.2, 0) is 11.3 Å². The first-order valence-electron chi connectivity index (χ1n) is 7.04. The molecule has 0 aliphatic carbocycles. The number of benzene rings is 2. The van der Waals surface area contributed by atoms with Crippen molar-refractivity contribution >= 4 is 16.6 Å². The number of methoxy groups -OCH3 is 1. The van der Waals surface area contributed by atoms with Gasteiger partial charge in [-0.05, 0) is 16.8 Å². The summed E-state index contributed by atoms with van der Waals surface area (Å²) in [6, 6.07) is 16.5. The molecule has 0 radical (unpaired) electrons. The van der Waals surface area contributed by atoms with E-state index in [2.05, 4.69) is 45.4 Å². The van der Waals surface area contributed by atoms with Crippen LogP contribution in [0, 0.1) is 0 Å². The summed E-state index contributed by atoms with van der Waals surface area (Å²) in [5.74, 6) is 1.21. The van der Waals surface area contributed by atoms with Crippen LogP contribution in [-0.4, -0.2) is 26.7 Å². The van der Waals surface area contributed by atoms with Gasteiger partial charge in [0.1, 0.15) is 6.61 Å². The van der Waals surface area contributed by atoms with Crippen molar-refractivity contribution in [2.45, 2.75) is 6.61 Å². The van der Waals surface area contributed by atoms with Gasteiger partial charge in [0.05, 0.1) is 5.69 Å². The summed E-state index contributed by atoms with van der Waals surface area (Å²) in [6.07, 6.45) is 1.76. The lowest BCUT2D eigenvalue weighted by atomic mass is 10.0. The van der Waals surface area contributed by atoms with Crippen molar-refractivity contribution in [1.82, 2.24) is 19.6 Å². The molecule has 0 bridgehead atoms. The molecule has 5 nitrogen and oxygen atoms in total. The normalized spacial score (nSPS) is 11.3. The van der Waals surface area contributed by atoms with Crippen LogP contribution in [0.25, 0.3) is 27.8 Å². The van der Waals surface area contributed by atoms with Gasteiger partial charge in [-0.25, -0.2) is 4.98 Å². The van der Waals surface area contributed by atoms with Crippen molar-refractivity contribution in [2.75, 3.05) is 7.11 Å². The summed E-state index contributed by atoms with van der Waals surface area (Å²) < 4.78 is 6.88. The number of ether oxygens (including phenoxy) is 1. The van der Waals surface area contributed by atoms with Gasteiger partial charge in [0.25, 0.3) is 5.78 Å². The van der Waals surface area contributed by atoms with E-state index < -0.39 is 0 Å². The molecule has 0 unspecified atom stereocenters. The van der Waals surface area contributed by atoms with Gasteiger partial charge in [0, 0.05) is 18.9 Å². The zero-order valence-electron chi connectivity index (χ0n) is 12.1. The van der Waals surface area contributed by atoms with E-state index in [-0.39, 0.29) is 0 Å². The molecule has 0 spiro atoms. The largest absolute Gasteiger partial charge is 0.377 e. The van der Waals surface area contributed by atoms with Crippen LogP contribution in [0.5, 0.6) is 0 Å². The van der Waals surface area contributed by atoms with Crippen molar-refractivity contribution < 1.29 is 4.74 Å². The molecule has 22 heavy (non-hydrogen) atoms. The van der Waals surface area contributed by atoms with E-state index in [0.29, 0.717) is 18.2 Å². The molecule has 0 saturated heterocycles. The minimum atomic E-state index is 0.373. The maximum absolute atomic E-state index is 5.11. The maximum Gasteiger partial charge on any atom is 0.253 e. The third-order valence-electron chi connectivity index (χ3n) is 3.62. The van der Waals surface area contributed by atoms with Crippen molar-refractivity contribution in [3.63, 3.8) is 0 Å². The van der Waals surface area contributed by atoms with E-state index >= 15 is 0 Å². The molecule has 0 amide bonds. The molecule has 0 fully saturated rings. The number of fused-ring (bicyclic) bond motifs is 2. The van der Waals surface area contributed by atoms with Gasteiger partial charge < -0.3 is 4.74 Å². The fourth-order valence-corrected chi connectivity index (χ4v) is 2.68. The first-order chi connectivity index (χ1) is 10.9. The number of aromatic nitrogens is 4. The lowest BCUT2D eigenvalue weighted by molar-refractivity contribution is 0.178. The summed E-state index contributed by atoms with van der Waals surface area (Å²) in [4.78, 5) is 8.67. The van der Waals surface area contributed by atoms with Crippen LogP contribution in [0.1, 0.15) is 5.82 Å². The highest BCUT2D eigenvalue weighted by Gasteiger charge is 2.11. The van der Waals surface area contributed by atoms with E-state index in [1.54, 1.807) is 17.8 Å². The number of hydrogen-bond donors (Lipinski definition) is 0. The molecule has 5 heteroatoms. The fraction of sp³-hybridized carbons (Fsp3) is 0.118. The molecule has 2 heterocycles. The monoisotopic (exact) mass is 290 g/mol. The highest BCUT2D eigenvalue weighted by Crippen LogP contribution is 2.28. The van der Waals surface area contributed by atoms with Crippen LogP contribution in [0.15, 0.2) is 54.7 Å². The van der Waals surface area contributed by atoms with Gasteiger partial charge in [-0.15, -0.1) is 5.10 Å². The van der Waals surface area contributed by atoms with Gasteiger partial charge in [-0.2, -0.15) is 9.50 Å². The quantitative estimate of drug-likeness (QED) is 0.582. The fourth-order valence-electron chi connectivity index (χ4n) is 2.68. The van der Waals surface area contributed by atoms with Gasteiger partial charge >= 0.3 is 0 Å².